The number of β-amino-alcohol motifs (C(OH)–C–C–N with tert-alkyl or cyclic N) is 1. The molecule has 0 saturated carbocycles. The van der Waals surface area contributed by atoms with E-state index in [0.29, 0.717) is 0 Å². The van der Waals surface area contributed by atoms with Crippen molar-refractivity contribution in [1.82, 2.24) is 20.0 Å². The van der Waals surface area contributed by atoms with E-state index in [1.165, 1.54) is 18.4 Å². The first kappa shape index (κ1) is 17.1. The molecule has 5 nitrogen and oxygen atoms in total. The molecule has 0 radical (unpaired) electrons. The minimum Gasteiger partial charge on any atom is -0.387 e. The van der Waals surface area contributed by atoms with Gasteiger partial charge in [0.15, 0.2) is 0 Å². The van der Waals surface area contributed by atoms with Gasteiger partial charge in [-0.3, -0.25) is 4.68 Å². The molecule has 1 aliphatic rings. The molecule has 1 fully saturated rings. The van der Waals surface area contributed by atoms with Crippen LogP contribution in [0.15, 0.2) is 42.7 Å². The van der Waals surface area contributed by atoms with Gasteiger partial charge < -0.3 is 15.3 Å². The van der Waals surface area contributed by atoms with E-state index in [-0.39, 0.29) is 6.10 Å². The zero-order chi connectivity index (χ0) is 16.8. The van der Waals surface area contributed by atoms with Crippen molar-refractivity contribution < 1.29 is 5.11 Å². The van der Waals surface area contributed by atoms with E-state index in [9.17, 15) is 5.11 Å². The lowest BCUT2D eigenvalue weighted by atomic mass is 9.96. The summed E-state index contributed by atoms with van der Waals surface area (Å²) in [4.78, 5) is 2.38. The largest absolute Gasteiger partial charge is 0.387 e. The van der Waals surface area contributed by atoms with Crippen LogP contribution in [0, 0.1) is 5.92 Å². The predicted molar refractivity (Wildman–Crippen MR) is 95.5 cm³/mol. The predicted octanol–water partition coefficient (Wildman–Crippen LogP) is 1.96. The Morgan fingerprint density at radius 1 is 1.25 bits per heavy atom. The molecule has 1 atom stereocenters. The fourth-order valence-electron chi connectivity index (χ4n) is 3.38. The first-order valence-corrected chi connectivity index (χ1v) is 8.84. The Kier molecular flexibility index (Phi) is 6.01. The summed E-state index contributed by atoms with van der Waals surface area (Å²) < 4.78 is 1.84. The monoisotopic (exact) mass is 328 g/mol. The van der Waals surface area contributed by atoms with Gasteiger partial charge in [0.1, 0.15) is 0 Å². The number of aliphatic hydroxyl groups is 1. The van der Waals surface area contributed by atoms with Crippen LogP contribution in [-0.2, 0) is 13.6 Å². The summed E-state index contributed by atoms with van der Waals surface area (Å²) in [7, 11) is 1.95. The van der Waals surface area contributed by atoms with Crippen LogP contribution in [0.25, 0.3) is 0 Å². The number of piperidine rings is 1. The van der Waals surface area contributed by atoms with Crippen molar-refractivity contribution in [3.63, 3.8) is 0 Å². The lowest BCUT2D eigenvalue weighted by Gasteiger charge is -2.33. The van der Waals surface area contributed by atoms with E-state index in [1.54, 1.807) is 0 Å². The minimum atomic E-state index is -0.383. The molecule has 0 amide bonds. The van der Waals surface area contributed by atoms with Gasteiger partial charge in [0, 0.05) is 31.9 Å². The van der Waals surface area contributed by atoms with Gasteiger partial charge in [0.05, 0.1) is 12.3 Å². The second kappa shape index (κ2) is 8.42. The van der Waals surface area contributed by atoms with E-state index >= 15 is 0 Å². The quantitative estimate of drug-likeness (QED) is 0.816. The number of nitrogens with one attached hydrogen (secondary N) is 1. The molecule has 0 bridgehead atoms. The number of likely N-dealkylation sites (tertiary alicyclic amines) is 1. The summed E-state index contributed by atoms with van der Waals surface area (Å²) in [5, 5.41) is 18.1. The fraction of sp³-hybridized carbons (Fsp3) is 0.526. The van der Waals surface area contributed by atoms with E-state index in [4.69, 9.17) is 0 Å². The highest BCUT2D eigenvalue weighted by Gasteiger charge is 2.21. The Morgan fingerprint density at radius 2 is 2.00 bits per heavy atom. The molecular formula is C19H28N4O. The van der Waals surface area contributed by atoms with Crippen molar-refractivity contribution >= 4 is 0 Å². The number of aliphatic hydroxyl groups excluding tert-OH is 1. The average molecular weight is 328 g/mol. The Hall–Kier alpha value is -1.69. The van der Waals surface area contributed by atoms with Crippen LogP contribution in [0.4, 0.5) is 0 Å². The average Bonchev–Trinajstić information content (AvgIpc) is 3.02. The molecule has 0 spiro atoms. The maximum Gasteiger partial charge on any atom is 0.0916 e. The van der Waals surface area contributed by atoms with Gasteiger partial charge in [-0.25, -0.2) is 0 Å². The van der Waals surface area contributed by atoms with Crippen LogP contribution in [0.3, 0.4) is 0 Å². The maximum atomic E-state index is 10.3. The van der Waals surface area contributed by atoms with Gasteiger partial charge in [-0.1, -0.05) is 30.3 Å². The zero-order valence-electron chi connectivity index (χ0n) is 14.4. The summed E-state index contributed by atoms with van der Waals surface area (Å²) in [6.45, 7) is 4.83. The van der Waals surface area contributed by atoms with Crippen molar-refractivity contribution in [3.8, 4) is 0 Å². The third kappa shape index (κ3) is 4.90. The summed E-state index contributed by atoms with van der Waals surface area (Å²) in [5.74, 6) is 0.729. The van der Waals surface area contributed by atoms with Gasteiger partial charge in [-0.15, -0.1) is 0 Å². The number of aryl methyl sites for hydroxylation is 1. The molecule has 0 aliphatic carbocycles. The number of aromatic nitrogens is 2. The normalized spacial score (nSPS) is 17.9. The van der Waals surface area contributed by atoms with Gasteiger partial charge >= 0.3 is 0 Å². The number of hydrogen-bond donors (Lipinski definition) is 2. The molecule has 5 heteroatoms. The van der Waals surface area contributed by atoms with Crippen molar-refractivity contribution in [1.29, 1.82) is 0 Å². The van der Waals surface area contributed by atoms with Crippen LogP contribution in [0.5, 0.6) is 0 Å². The van der Waals surface area contributed by atoms with Crippen molar-refractivity contribution in [2.45, 2.75) is 25.5 Å². The molecular weight excluding hydrogens is 300 g/mol. The zero-order valence-corrected chi connectivity index (χ0v) is 14.4. The first-order chi connectivity index (χ1) is 11.7. The van der Waals surface area contributed by atoms with E-state index in [1.807, 2.05) is 48.3 Å². The SMILES string of the molecule is Cn1cc(CNCC2CCN(CC(O)c3ccccc3)CC2)cn1. The Balaban J connectivity index is 1.35. The molecule has 1 aromatic carbocycles. The highest BCUT2D eigenvalue weighted by molar-refractivity contribution is 5.17. The van der Waals surface area contributed by atoms with Crippen LogP contribution in [-0.4, -0.2) is 46.0 Å². The second-order valence-corrected chi connectivity index (χ2v) is 6.82. The molecule has 1 aromatic heterocycles. The van der Waals surface area contributed by atoms with Crippen molar-refractivity contribution in [2.24, 2.45) is 13.0 Å². The van der Waals surface area contributed by atoms with Gasteiger partial charge in [-0.2, -0.15) is 5.10 Å². The minimum absolute atomic E-state index is 0.383. The smallest absolute Gasteiger partial charge is 0.0916 e. The van der Waals surface area contributed by atoms with Crippen LogP contribution < -0.4 is 5.32 Å². The first-order valence-electron chi connectivity index (χ1n) is 8.84. The Morgan fingerprint density at radius 3 is 2.67 bits per heavy atom. The summed E-state index contributed by atoms with van der Waals surface area (Å²) in [6.07, 6.45) is 5.98. The number of benzene rings is 1. The molecule has 1 unspecified atom stereocenters. The molecule has 24 heavy (non-hydrogen) atoms. The molecule has 130 valence electrons. The Labute approximate surface area is 144 Å². The molecule has 3 rings (SSSR count). The molecule has 2 heterocycles. The van der Waals surface area contributed by atoms with E-state index in [0.717, 1.165) is 44.2 Å². The Bertz CT molecular complexity index is 605. The van der Waals surface area contributed by atoms with E-state index < -0.39 is 0 Å². The summed E-state index contributed by atoms with van der Waals surface area (Å²) in [6, 6.07) is 9.96. The third-order valence-electron chi connectivity index (χ3n) is 4.84. The molecule has 1 saturated heterocycles. The summed E-state index contributed by atoms with van der Waals surface area (Å²) in [5.41, 5.74) is 2.25. The standard InChI is InChI=1S/C19H28N4O/c1-22-14-17(13-21-22)12-20-11-16-7-9-23(10-8-16)15-19(24)18-5-3-2-4-6-18/h2-6,13-14,16,19-20,24H,7-12,15H2,1H3. The molecule has 2 N–H and O–H groups in total. The number of hydrogen-bond acceptors (Lipinski definition) is 4. The van der Waals surface area contributed by atoms with Crippen molar-refractivity contribution in [2.75, 3.05) is 26.2 Å². The molecule has 1 aliphatic heterocycles. The highest BCUT2D eigenvalue weighted by atomic mass is 16.3. The fourth-order valence-corrected chi connectivity index (χ4v) is 3.38. The molecule has 2 aromatic rings. The second-order valence-electron chi connectivity index (χ2n) is 6.82. The number of nitrogens with zero attached hydrogens (tertiary/aromatic N) is 3. The topological polar surface area (TPSA) is 53.3 Å². The highest BCUT2D eigenvalue weighted by Crippen LogP contribution is 2.20. The van der Waals surface area contributed by atoms with Gasteiger partial charge in [0.2, 0.25) is 0 Å². The van der Waals surface area contributed by atoms with Crippen LogP contribution in [0.1, 0.15) is 30.1 Å². The lowest BCUT2D eigenvalue weighted by Crippen LogP contribution is -2.39. The number of rotatable bonds is 7. The van der Waals surface area contributed by atoms with Crippen LogP contribution in [0.2, 0.25) is 0 Å². The van der Waals surface area contributed by atoms with Crippen molar-refractivity contribution in [3.05, 3.63) is 53.9 Å². The van der Waals surface area contributed by atoms with E-state index in [2.05, 4.69) is 21.5 Å². The summed E-state index contributed by atoms with van der Waals surface area (Å²) >= 11 is 0. The van der Waals surface area contributed by atoms with Gasteiger partial charge in [-0.05, 0) is 44.0 Å². The third-order valence-corrected chi connectivity index (χ3v) is 4.84. The lowest BCUT2D eigenvalue weighted by molar-refractivity contribution is 0.0891. The van der Waals surface area contributed by atoms with Gasteiger partial charge in [0.25, 0.3) is 0 Å². The maximum absolute atomic E-state index is 10.3. The van der Waals surface area contributed by atoms with Crippen LogP contribution >= 0.6 is 0 Å².